The van der Waals surface area contributed by atoms with Crippen LogP contribution in [0.25, 0.3) is 10.8 Å². The van der Waals surface area contributed by atoms with Crippen molar-refractivity contribution in [1.29, 1.82) is 0 Å². The van der Waals surface area contributed by atoms with Crippen molar-refractivity contribution >= 4 is 20.9 Å². The fraction of sp³-hybridized carbons (Fsp3) is 0.111. The summed E-state index contributed by atoms with van der Waals surface area (Å²) in [5.41, 5.74) is 0. The number of aromatic nitrogens is 1. The maximum absolute atomic E-state index is 10.8. The number of benzene rings is 1. The van der Waals surface area contributed by atoms with Gasteiger partial charge in [-0.25, -0.2) is 0 Å². The van der Waals surface area contributed by atoms with E-state index in [2.05, 4.69) is 4.98 Å². The Balaban J connectivity index is 2.44. The standard InChI is InChI=1S/C9H9NO3S/c1-14(11,12)13-9-3-2-7-5-10-6-8(7)4-9/h2-6,10H,1H3. The number of H-pyrrole nitrogens is 1. The Bertz CT molecular complexity index is 556. The van der Waals surface area contributed by atoms with Crippen molar-refractivity contribution in [3.05, 3.63) is 30.6 Å². The zero-order chi connectivity index (χ0) is 10.2. The molecule has 0 spiro atoms. The first-order valence-electron chi connectivity index (χ1n) is 4.01. The molecule has 0 radical (unpaired) electrons. The molecule has 0 amide bonds. The van der Waals surface area contributed by atoms with Crippen LogP contribution in [0, 0.1) is 0 Å². The van der Waals surface area contributed by atoms with Gasteiger partial charge in [-0.1, -0.05) is 0 Å². The summed E-state index contributed by atoms with van der Waals surface area (Å²) in [6.07, 6.45) is 4.64. The van der Waals surface area contributed by atoms with Crippen LogP contribution in [0.5, 0.6) is 5.75 Å². The lowest BCUT2D eigenvalue weighted by Crippen LogP contribution is -2.05. The van der Waals surface area contributed by atoms with Crippen LogP contribution in [0.15, 0.2) is 30.6 Å². The summed E-state index contributed by atoms with van der Waals surface area (Å²) in [5, 5.41) is 1.94. The number of fused-ring (bicyclic) bond motifs is 1. The fourth-order valence-corrected chi connectivity index (χ4v) is 1.71. The minimum absolute atomic E-state index is 0.333. The largest absolute Gasteiger partial charge is 0.383 e. The van der Waals surface area contributed by atoms with Gasteiger partial charge in [-0.3, -0.25) is 0 Å². The van der Waals surface area contributed by atoms with Gasteiger partial charge >= 0.3 is 10.1 Å². The van der Waals surface area contributed by atoms with Crippen molar-refractivity contribution in [2.24, 2.45) is 0 Å². The highest BCUT2D eigenvalue weighted by Gasteiger charge is 2.04. The van der Waals surface area contributed by atoms with Crippen LogP contribution >= 0.6 is 0 Å². The quantitative estimate of drug-likeness (QED) is 0.766. The predicted molar refractivity (Wildman–Crippen MR) is 53.8 cm³/mol. The molecule has 0 aliphatic rings. The zero-order valence-corrected chi connectivity index (χ0v) is 8.34. The second kappa shape index (κ2) is 3.02. The van der Waals surface area contributed by atoms with Crippen LogP contribution in [-0.4, -0.2) is 19.7 Å². The van der Waals surface area contributed by atoms with Gasteiger partial charge in [-0.05, 0) is 23.6 Å². The first-order valence-corrected chi connectivity index (χ1v) is 5.82. The molecular weight excluding hydrogens is 202 g/mol. The molecule has 1 heterocycles. The minimum Gasteiger partial charge on any atom is -0.383 e. The highest BCUT2D eigenvalue weighted by atomic mass is 32.2. The van der Waals surface area contributed by atoms with Gasteiger partial charge in [-0.2, -0.15) is 8.42 Å². The first kappa shape index (κ1) is 9.08. The summed E-state index contributed by atoms with van der Waals surface area (Å²) in [4.78, 5) is 2.92. The average Bonchev–Trinajstić information content (AvgIpc) is 2.47. The Labute approximate surface area is 81.6 Å². The van der Waals surface area contributed by atoms with Gasteiger partial charge in [0.1, 0.15) is 5.75 Å². The van der Waals surface area contributed by atoms with Crippen molar-refractivity contribution in [3.8, 4) is 5.75 Å². The average molecular weight is 211 g/mol. The number of aromatic amines is 1. The SMILES string of the molecule is CS(=O)(=O)Oc1ccc2c[nH]cc2c1. The van der Waals surface area contributed by atoms with Gasteiger partial charge in [0.25, 0.3) is 0 Å². The minimum atomic E-state index is -3.44. The Morgan fingerprint density at radius 1 is 1.21 bits per heavy atom. The molecule has 0 bridgehead atoms. The van der Waals surface area contributed by atoms with Crippen molar-refractivity contribution in [3.63, 3.8) is 0 Å². The van der Waals surface area contributed by atoms with Gasteiger partial charge in [0.15, 0.2) is 0 Å². The molecule has 74 valence electrons. The molecule has 0 unspecified atom stereocenters. The molecular formula is C9H9NO3S. The van der Waals surface area contributed by atoms with Crippen molar-refractivity contribution in [1.82, 2.24) is 4.98 Å². The summed E-state index contributed by atoms with van der Waals surface area (Å²) in [7, 11) is -3.44. The molecule has 4 nitrogen and oxygen atoms in total. The topological polar surface area (TPSA) is 59.2 Å². The zero-order valence-electron chi connectivity index (χ0n) is 7.52. The third-order valence-electron chi connectivity index (χ3n) is 1.78. The van der Waals surface area contributed by atoms with E-state index in [-0.39, 0.29) is 0 Å². The first-order chi connectivity index (χ1) is 6.54. The maximum Gasteiger partial charge on any atom is 0.306 e. The van der Waals surface area contributed by atoms with Crippen LogP contribution in [0.3, 0.4) is 0 Å². The Kier molecular flexibility index (Phi) is 1.96. The molecule has 5 heteroatoms. The van der Waals surface area contributed by atoms with E-state index >= 15 is 0 Å². The molecule has 14 heavy (non-hydrogen) atoms. The third kappa shape index (κ3) is 1.88. The molecule has 0 fully saturated rings. The number of nitrogens with one attached hydrogen (secondary N) is 1. The van der Waals surface area contributed by atoms with E-state index in [4.69, 9.17) is 4.18 Å². The van der Waals surface area contributed by atoms with Crippen molar-refractivity contribution < 1.29 is 12.6 Å². The van der Waals surface area contributed by atoms with Crippen molar-refractivity contribution in [2.75, 3.05) is 6.26 Å². The Hall–Kier alpha value is -1.49. The summed E-state index contributed by atoms with van der Waals surface area (Å²) in [6.45, 7) is 0. The van der Waals surface area contributed by atoms with E-state index in [9.17, 15) is 8.42 Å². The van der Waals surface area contributed by atoms with E-state index in [0.29, 0.717) is 5.75 Å². The van der Waals surface area contributed by atoms with Gasteiger partial charge in [0.05, 0.1) is 6.26 Å². The molecule has 0 saturated carbocycles. The summed E-state index contributed by atoms with van der Waals surface area (Å²) < 4.78 is 26.4. The van der Waals surface area contributed by atoms with E-state index in [0.717, 1.165) is 17.0 Å². The molecule has 1 N–H and O–H groups in total. The molecule has 0 aliphatic carbocycles. The lowest BCUT2D eigenvalue weighted by Gasteiger charge is -2.01. The predicted octanol–water partition coefficient (Wildman–Crippen LogP) is 1.51. The smallest absolute Gasteiger partial charge is 0.306 e. The second-order valence-electron chi connectivity index (χ2n) is 3.03. The van der Waals surface area contributed by atoms with Crippen LogP contribution in [0.1, 0.15) is 0 Å². The maximum atomic E-state index is 10.8. The lowest BCUT2D eigenvalue weighted by molar-refractivity contribution is 0.493. The lowest BCUT2D eigenvalue weighted by atomic mass is 10.2. The van der Waals surface area contributed by atoms with Crippen LogP contribution < -0.4 is 4.18 Å². The molecule has 2 aromatic rings. The van der Waals surface area contributed by atoms with Crippen LogP contribution in [-0.2, 0) is 10.1 Å². The number of rotatable bonds is 2. The summed E-state index contributed by atoms with van der Waals surface area (Å²) in [5.74, 6) is 0.333. The summed E-state index contributed by atoms with van der Waals surface area (Å²) in [6, 6.07) is 5.09. The molecule has 1 aromatic carbocycles. The number of hydrogen-bond acceptors (Lipinski definition) is 3. The second-order valence-corrected chi connectivity index (χ2v) is 4.61. The van der Waals surface area contributed by atoms with Crippen LogP contribution in [0.4, 0.5) is 0 Å². The molecule has 2 rings (SSSR count). The normalized spacial score (nSPS) is 11.8. The van der Waals surface area contributed by atoms with E-state index in [1.54, 1.807) is 24.4 Å². The molecule has 1 aromatic heterocycles. The molecule has 0 aliphatic heterocycles. The highest BCUT2D eigenvalue weighted by molar-refractivity contribution is 7.86. The van der Waals surface area contributed by atoms with Gasteiger partial charge < -0.3 is 9.17 Å². The van der Waals surface area contributed by atoms with E-state index in [1.807, 2.05) is 6.20 Å². The monoisotopic (exact) mass is 211 g/mol. The fourth-order valence-electron chi connectivity index (χ4n) is 1.26. The Morgan fingerprint density at radius 2 is 1.93 bits per heavy atom. The molecule has 0 saturated heterocycles. The van der Waals surface area contributed by atoms with E-state index < -0.39 is 10.1 Å². The van der Waals surface area contributed by atoms with Gasteiger partial charge in [0.2, 0.25) is 0 Å². The molecule has 0 atom stereocenters. The van der Waals surface area contributed by atoms with Crippen LogP contribution in [0.2, 0.25) is 0 Å². The summed E-state index contributed by atoms with van der Waals surface area (Å²) >= 11 is 0. The number of hydrogen-bond donors (Lipinski definition) is 1. The van der Waals surface area contributed by atoms with Gasteiger partial charge in [0, 0.05) is 17.8 Å². The van der Waals surface area contributed by atoms with Crippen molar-refractivity contribution in [2.45, 2.75) is 0 Å². The third-order valence-corrected chi connectivity index (χ3v) is 2.28. The van der Waals surface area contributed by atoms with E-state index in [1.165, 1.54) is 0 Å². The highest BCUT2D eigenvalue weighted by Crippen LogP contribution is 2.21. The Morgan fingerprint density at radius 3 is 2.64 bits per heavy atom. The van der Waals surface area contributed by atoms with Gasteiger partial charge in [-0.15, -0.1) is 0 Å².